The van der Waals surface area contributed by atoms with Crippen LogP contribution >= 0.6 is 0 Å². The monoisotopic (exact) mass is 1240 g/mol. The van der Waals surface area contributed by atoms with Crippen LogP contribution in [0.2, 0.25) is 0 Å². The first-order valence-electron chi connectivity index (χ1n) is 29.5. The second kappa shape index (κ2) is 29.8. The molecule has 7 rings (SSSR count). The highest BCUT2D eigenvalue weighted by molar-refractivity contribution is 6.00. The topological polar surface area (TPSA) is 455 Å². The fraction of sp³-hybridized carbons (Fsp3) is 0.525. The minimum Gasteiger partial charge on any atom is -0.480 e. The van der Waals surface area contributed by atoms with Gasteiger partial charge in [0.2, 0.25) is 59.1 Å². The minimum absolute atomic E-state index is 0.0644. The van der Waals surface area contributed by atoms with E-state index >= 15 is 14.4 Å². The fourth-order valence-corrected chi connectivity index (χ4v) is 11.2. The number of aromatic nitrogens is 2. The lowest BCUT2D eigenvalue weighted by Crippen LogP contribution is -2.64. The lowest BCUT2D eigenvalue weighted by atomic mass is 9.90. The number of carbonyl (C=O) groups is 12. The third-order valence-electron chi connectivity index (χ3n) is 16.3. The Morgan fingerprint density at radius 3 is 1.96 bits per heavy atom. The largest absolute Gasteiger partial charge is 0.480 e. The molecule has 30 heteroatoms. The first-order valence-corrected chi connectivity index (χ1v) is 29.5. The number of nitrogens with one attached hydrogen (secondary N) is 10. The first-order chi connectivity index (χ1) is 42.2. The van der Waals surface area contributed by atoms with Gasteiger partial charge in [0.1, 0.15) is 66.5 Å². The Morgan fingerprint density at radius 2 is 1.30 bits per heavy atom. The van der Waals surface area contributed by atoms with E-state index in [1.165, 1.54) is 11.8 Å². The molecular formula is C59H79N13O17. The maximum Gasteiger partial charge on any atom is 0.329 e. The van der Waals surface area contributed by atoms with Gasteiger partial charge in [-0.15, -0.1) is 0 Å². The molecule has 0 spiro atoms. The number of cyclic esters (lactones) is 1. The average Bonchev–Trinajstić information content (AvgIpc) is 3.67. The lowest BCUT2D eigenvalue weighted by Gasteiger charge is -2.35. The highest BCUT2D eigenvalue weighted by Crippen LogP contribution is 2.30. The van der Waals surface area contributed by atoms with Crippen molar-refractivity contribution >= 4 is 92.8 Å². The number of aliphatic hydroxyl groups is 3. The van der Waals surface area contributed by atoms with Gasteiger partial charge in [-0.05, 0) is 75.6 Å². The number of para-hydroxylation sites is 2. The van der Waals surface area contributed by atoms with Gasteiger partial charge in [0, 0.05) is 59.6 Å². The van der Waals surface area contributed by atoms with Gasteiger partial charge < -0.3 is 93.2 Å². The van der Waals surface area contributed by atoms with Crippen molar-refractivity contribution in [3.8, 4) is 0 Å². The molecular weight excluding hydrogens is 1160 g/mol. The number of carbonyl (C=O) groups excluding carboxylic acids is 11. The summed E-state index contributed by atoms with van der Waals surface area (Å²) in [5.74, 6) is -14.5. The van der Waals surface area contributed by atoms with Crippen molar-refractivity contribution in [1.29, 1.82) is 0 Å². The van der Waals surface area contributed by atoms with Crippen LogP contribution in [0.15, 0.2) is 60.9 Å². The van der Waals surface area contributed by atoms with Crippen molar-refractivity contribution in [3.63, 3.8) is 0 Å². The summed E-state index contributed by atoms with van der Waals surface area (Å²) in [7, 11) is 0. The first kappa shape index (κ1) is 67.5. The lowest BCUT2D eigenvalue weighted by molar-refractivity contribution is -0.161. The van der Waals surface area contributed by atoms with E-state index in [9.17, 15) is 63.6 Å². The van der Waals surface area contributed by atoms with Crippen LogP contribution in [0, 0.1) is 5.92 Å². The number of carboxylic acid groups (broad SMARTS) is 1. The summed E-state index contributed by atoms with van der Waals surface area (Å²) in [6.45, 7) is 6.35. The number of amides is 10. The number of hydrogen-bond acceptors (Lipinski definition) is 17. The molecule has 3 aliphatic heterocycles. The van der Waals surface area contributed by atoms with Gasteiger partial charge in [0.05, 0.1) is 31.8 Å². The number of rotatable bonds is 14. The quantitative estimate of drug-likeness (QED) is 0.0549. The maximum absolute atomic E-state index is 15.3. The smallest absolute Gasteiger partial charge is 0.329 e. The zero-order valence-electron chi connectivity index (χ0n) is 50.1. The molecule has 14 unspecified atom stereocenters. The molecule has 3 aliphatic rings. The molecule has 0 saturated carbocycles. The van der Waals surface area contributed by atoms with Gasteiger partial charge in [-0.1, -0.05) is 57.2 Å². The number of H-pyrrole nitrogens is 2. The Kier molecular flexibility index (Phi) is 22.6. The van der Waals surface area contributed by atoms with E-state index in [1.807, 2.05) is 18.2 Å². The molecule has 3 fully saturated rings. The number of aromatic amines is 2. The Labute approximate surface area is 510 Å². The van der Waals surface area contributed by atoms with Gasteiger partial charge in [-0.3, -0.25) is 52.7 Å². The molecule has 14 atom stereocenters. The third kappa shape index (κ3) is 16.2. The van der Waals surface area contributed by atoms with Gasteiger partial charge in [0.25, 0.3) is 0 Å². The molecule has 89 heavy (non-hydrogen) atoms. The van der Waals surface area contributed by atoms with Crippen LogP contribution < -0.4 is 48.3 Å². The normalized spacial score (nSPS) is 26.0. The predicted molar refractivity (Wildman–Crippen MR) is 316 cm³/mol. The standard InChI is InChI=1S/C59H79N13O17/c1-27(2)49(77)48-57(85)72-20-12-18-42(72)59(88)89-31(6)47(69-52(80)40(26-73)65-43(75)22-36(60)58(86)87)56(84)68-46(30(5)74)55(83)64-29(4)50(78)63-25-44(76)71-19-11-17-41(71)53(81)66-39(21-32-23-61-37-15-9-7-13-33(32)37)51(79)67-45(54(82)70-48)28(3)35-24-62-38-16-10-8-14-34(35)38/h7-10,13-16,23-24,27-31,36,39-42,45-49,61-62,73-74,77H,11-12,17-22,25-26,60H2,1-6H3,(H,63,78)(H,64,83)(H,65,75)(H,66,81)(H,67,79)(H,68,84)(H,69,80)(H,70,82)(H,86,87). The molecule has 4 aromatic rings. The summed E-state index contributed by atoms with van der Waals surface area (Å²) < 4.78 is 5.80. The molecule has 2 aromatic heterocycles. The minimum atomic E-state index is -2.07. The predicted octanol–water partition coefficient (Wildman–Crippen LogP) is -3.36. The van der Waals surface area contributed by atoms with E-state index in [0.29, 0.717) is 28.5 Å². The Balaban J connectivity index is 1.28. The van der Waals surface area contributed by atoms with Crippen LogP contribution in [-0.4, -0.2) is 216 Å². The Hall–Kier alpha value is -9.00. The highest BCUT2D eigenvalue weighted by atomic mass is 16.5. The van der Waals surface area contributed by atoms with Crippen molar-refractivity contribution in [2.24, 2.45) is 11.7 Å². The summed E-state index contributed by atoms with van der Waals surface area (Å²) in [4.78, 5) is 177. The molecule has 3 saturated heterocycles. The van der Waals surface area contributed by atoms with Gasteiger partial charge in [-0.2, -0.15) is 0 Å². The van der Waals surface area contributed by atoms with Gasteiger partial charge in [-0.25, -0.2) is 4.79 Å². The van der Waals surface area contributed by atoms with Crippen molar-refractivity contribution in [2.45, 2.75) is 165 Å². The summed E-state index contributed by atoms with van der Waals surface area (Å²) in [6.07, 6.45) is -2.26. The number of nitrogens with two attached hydrogens (primary N) is 1. The summed E-state index contributed by atoms with van der Waals surface area (Å²) in [5, 5.41) is 63.3. The molecule has 0 radical (unpaired) electrons. The molecule has 0 aliphatic carbocycles. The third-order valence-corrected chi connectivity index (χ3v) is 16.3. The number of aliphatic carboxylic acids is 1. The van der Waals surface area contributed by atoms with E-state index in [-0.39, 0.29) is 38.8 Å². The number of nitrogens with zero attached hydrogens (tertiary/aromatic N) is 2. The van der Waals surface area contributed by atoms with Crippen LogP contribution in [-0.2, 0) is 68.7 Å². The van der Waals surface area contributed by atoms with Crippen molar-refractivity contribution in [1.82, 2.24) is 62.3 Å². The Morgan fingerprint density at radius 1 is 0.708 bits per heavy atom. The van der Waals surface area contributed by atoms with Crippen molar-refractivity contribution in [3.05, 3.63) is 72.1 Å². The van der Waals surface area contributed by atoms with Crippen LogP contribution in [0.25, 0.3) is 21.8 Å². The Bertz CT molecular complexity index is 3310. The SMILES string of the molecule is CC1NC(=O)C(C(C)O)NC(=O)C(NC(=O)C(CO)NC(=O)CC(N)C(=O)O)C(C)OC(=O)C2CCCN2C(=O)C(C(O)C(C)C)NC(=O)C(C(C)c2c[nH]c3ccccc23)NC(=O)C(Cc2c[nH]c3ccccc23)NC(=O)C2CCCN2C(=O)CNC1=O. The fourth-order valence-electron chi connectivity index (χ4n) is 11.2. The molecule has 30 nitrogen and oxygen atoms in total. The molecule has 482 valence electrons. The number of carboxylic acids is 1. The molecule has 2 aromatic carbocycles. The average molecular weight is 1240 g/mol. The number of ether oxygens (including phenoxy) is 1. The van der Waals surface area contributed by atoms with Crippen LogP contribution in [0.3, 0.4) is 0 Å². The van der Waals surface area contributed by atoms with E-state index in [4.69, 9.17) is 10.5 Å². The summed E-state index contributed by atoms with van der Waals surface area (Å²) in [6, 6.07) is -2.15. The van der Waals surface area contributed by atoms with Crippen LogP contribution in [0.1, 0.15) is 90.7 Å². The number of aliphatic hydroxyl groups excluding tert-OH is 3. The van der Waals surface area contributed by atoms with Crippen LogP contribution in [0.5, 0.6) is 0 Å². The zero-order chi connectivity index (χ0) is 65.1. The second-order valence-corrected chi connectivity index (χ2v) is 23.1. The highest BCUT2D eigenvalue weighted by Gasteiger charge is 2.46. The van der Waals surface area contributed by atoms with E-state index < -0.39 is 181 Å². The number of esters is 1. The summed E-state index contributed by atoms with van der Waals surface area (Å²) in [5.41, 5.74) is 8.03. The molecule has 5 heterocycles. The second-order valence-electron chi connectivity index (χ2n) is 23.1. The maximum atomic E-state index is 15.3. The van der Waals surface area contributed by atoms with Crippen LogP contribution in [0.4, 0.5) is 0 Å². The van der Waals surface area contributed by atoms with E-state index in [1.54, 1.807) is 63.5 Å². The molecule has 0 bridgehead atoms. The van der Waals surface area contributed by atoms with Gasteiger partial charge in [0.15, 0.2) is 0 Å². The van der Waals surface area contributed by atoms with Crippen molar-refractivity contribution in [2.75, 3.05) is 26.2 Å². The van der Waals surface area contributed by atoms with Crippen molar-refractivity contribution < 1.29 is 82.7 Å². The van der Waals surface area contributed by atoms with E-state index in [2.05, 4.69) is 52.5 Å². The summed E-state index contributed by atoms with van der Waals surface area (Å²) >= 11 is 0. The number of fused-ring (bicyclic) bond motifs is 4. The number of benzene rings is 2. The molecule has 10 amide bonds. The number of hydrogen-bond donors (Lipinski definition) is 15. The van der Waals surface area contributed by atoms with E-state index in [0.717, 1.165) is 29.7 Å². The zero-order valence-corrected chi connectivity index (χ0v) is 50.1. The van der Waals surface area contributed by atoms with Gasteiger partial charge >= 0.3 is 11.9 Å². The molecule has 16 N–H and O–H groups in total.